The highest BCUT2D eigenvalue weighted by molar-refractivity contribution is 5.85. The van der Waals surface area contributed by atoms with Gasteiger partial charge in [-0.3, -0.25) is 4.79 Å². The summed E-state index contributed by atoms with van der Waals surface area (Å²) < 4.78 is 5.32. The lowest BCUT2D eigenvalue weighted by atomic mass is 9.92. The molecule has 0 aromatic heterocycles. The van der Waals surface area contributed by atoms with Crippen molar-refractivity contribution in [3.63, 3.8) is 0 Å². The van der Waals surface area contributed by atoms with Crippen molar-refractivity contribution < 1.29 is 9.53 Å². The average Bonchev–Trinajstić information content (AvgIpc) is 2.59. The summed E-state index contributed by atoms with van der Waals surface area (Å²) in [5.74, 6) is 0.195. The van der Waals surface area contributed by atoms with Crippen LogP contribution in [0.15, 0.2) is 24.3 Å². The number of ether oxygens (including phenoxy) is 1. The van der Waals surface area contributed by atoms with Crippen LogP contribution in [0.25, 0.3) is 0 Å². The first-order chi connectivity index (χ1) is 11.1. The number of para-hydroxylation sites is 1. The standard InChI is InChI=1S/C18H29N3O2.2ClH/c1-3-21(16-7-5-4-6-14(16)2)11-10-20-18(22)17(19)15-8-12-23-13-9-15;;/h4-7,15,17H,3,8-13,19H2,1-2H3,(H,20,22);2*1H. The second kappa shape index (κ2) is 12.4. The predicted octanol–water partition coefficient (Wildman–Crippen LogP) is 2.54. The SMILES string of the molecule is CCN(CCNC(=O)C(N)C1CCOCC1)c1ccccc1C.Cl.Cl. The number of rotatable bonds is 7. The van der Waals surface area contributed by atoms with Gasteiger partial charge in [-0.05, 0) is 44.2 Å². The van der Waals surface area contributed by atoms with Gasteiger partial charge in [-0.15, -0.1) is 24.8 Å². The van der Waals surface area contributed by atoms with Gasteiger partial charge in [-0.1, -0.05) is 18.2 Å². The number of aryl methyl sites for hydroxylation is 1. The van der Waals surface area contributed by atoms with Gasteiger partial charge in [0.2, 0.25) is 5.91 Å². The smallest absolute Gasteiger partial charge is 0.237 e. The molecule has 1 aliphatic rings. The topological polar surface area (TPSA) is 67.6 Å². The molecule has 0 bridgehead atoms. The molecule has 0 saturated carbocycles. The van der Waals surface area contributed by atoms with E-state index in [1.54, 1.807) is 0 Å². The number of nitrogens with one attached hydrogen (secondary N) is 1. The average molecular weight is 392 g/mol. The second-order valence-corrected chi connectivity index (χ2v) is 6.13. The number of hydrogen-bond donors (Lipinski definition) is 2. The molecule has 1 fully saturated rings. The van der Waals surface area contributed by atoms with E-state index in [1.807, 2.05) is 12.1 Å². The number of benzene rings is 1. The van der Waals surface area contributed by atoms with Crippen LogP contribution >= 0.6 is 24.8 Å². The Hall–Kier alpha value is -1.01. The first-order valence-electron chi connectivity index (χ1n) is 8.55. The molecule has 5 nitrogen and oxygen atoms in total. The van der Waals surface area contributed by atoms with E-state index in [1.165, 1.54) is 11.3 Å². The van der Waals surface area contributed by atoms with Crippen molar-refractivity contribution in [1.29, 1.82) is 0 Å². The molecular weight excluding hydrogens is 361 g/mol. The van der Waals surface area contributed by atoms with E-state index in [-0.39, 0.29) is 36.6 Å². The number of carbonyl (C=O) groups is 1. The fraction of sp³-hybridized carbons (Fsp3) is 0.611. The molecule has 0 radical (unpaired) electrons. The fourth-order valence-electron chi connectivity index (χ4n) is 3.09. The number of halogens is 2. The summed E-state index contributed by atoms with van der Waals surface area (Å²) in [5.41, 5.74) is 8.57. The molecule has 2 rings (SSSR count). The minimum absolute atomic E-state index is 0. The van der Waals surface area contributed by atoms with E-state index in [0.29, 0.717) is 19.8 Å². The first kappa shape index (κ1) is 24.0. The van der Waals surface area contributed by atoms with E-state index in [9.17, 15) is 4.79 Å². The van der Waals surface area contributed by atoms with Crippen molar-refractivity contribution in [2.45, 2.75) is 32.7 Å². The lowest BCUT2D eigenvalue weighted by Gasteiger charge is -2.28. The lowest BCUT2D eigenvalue weighted by Crippen LogP contribution is -2.48. The van der Waals surface area contributed by atoms with Gasteiger partial charge in [-0.2, -0.15) is 0 Å². The quantitative estimate of drug-likeness (QED) is 0.749. The van der Waals surface area contributed by atoms with E-state index in [0.717, 1.165) is 25.9 Å². The van der Waals surface area contributed by atoms with Crippen molar-refractivity contribution in [3.8, 4) is 0 Å². The van der Waals surface area contributed by atoms with Crippen molar-refractivity contribution >= 4 is 36.4 Å². The number of nitrogens with two attached hydrogens (primary N) is 1. The molecule has 1 amide bonds. The Kier molecular flexibility index (Phi) is 11.9. The number of likely N-dealkylation sites (N-methyl/N-ethyl adjacent to an activating group) is 1. The number of carbonyl (C=O) groups excluding carboxylic acids is 1. The number of nitrogens with zero attached hydrogens (tertiary/aromatic N) is 1. The van der Waals surface area contributed by atoms with Crippen molar-refractivity contribution in [3.05, 3.63) is 29.8 Å². The van der Waals surface area contributed by atoms with Gasteiger partial charge in [0.25, 0.3) is 0 Å². The number of amides is 1. The Balaban J connectivity index is 0.00000288. The molecule has 1 aromatic rings. The van der Waals surface area contributed by atoms with Gasteiger partial charge < -0.3 is 20.7 Å². The Morgan fingerprint density at radius 2 is 1.96 bits per heavy atom. The van der Waals surface area contributed by atoms with Crippen molar-refractivity contribution in [2.75, 3.05) is 37.7 Å². The van der Waals surface area contributed by atoms with Crippen LogP contribution in [0.1, 0.15) is 25.3 Å². The van der Waals surface area contributed by atoms with Crippen LogP contribution in [-0.4, -0.2) is 44.8 Å². The summed E-state index contributed by atoms with van der Waals surface area (Å²) in [4.78, 5) is 14.5. The fourth-order valence-corrected chi connectivity index (χ4v) is 3.09. The van der Waals surface area contributed by atoms with Gasteiger partial charge >= 0.3 is 0 Å². The molecule has 0 spiro atoms. The Bertz CT molecular complexity index is 511. The van der Waals surface area contributed by atoms with E-state index >= 15 is 0 Å². The van der Waals surface area contributed by atoms with Crippen LogP contribution < -0.4 is 16.0 Å². The highest BCUT2D eigenvalue weighted by atomic mass is 35.5. The van der Waals surface area contributed by atoms with Crippen molar-refractivity contribution in [2.24, 2.45) is 11.7 Å². The Morgan fingerprint density at radius 3 is 2.56 bits per heavy atom. The zero-order valence-electron chi connectivity index (χ0n) is 15.1. The van der Waals surface area contributed by atoms with Gasteiger partial charge in [0.15, 0.2) is 0 Å². The summed E-state index contributed by atoms with van der Waals surface area (Å²) in [5, 5.41) is 2.99. The molecule has 0 aliphatic carbocycles. The molecule has 3 N–H and O–H groups in total. The third-order valence-corrected chi connectivity index (χ3v) is 4.60. The lowest BCUT2D eigenvalue weighted by molar-refractivity contribution is -0.124. The molecule has 144 valence electrons. The highest BCUT2D eigenvalue weighted by Gasteiger charge is 2.26. The molecule has 1 aliphatic heterocycles. The highest BCUT2D eigenvalue weighted by Crippen LogP contribution is 2.19. The summed E-state index contributed by atoms with van der Waals surface area (Å²) >= 11 is 0. The molecule has 1 saturated heterocycles. The van der Waals surface area contributed by atoms with Gasteiger partial charge in [0, 0.05) is 38.5 Å². The van der Waals surface area contributed by atoms with E-state index < -0.39 is 6.04 Å². The van der Waals surface area contributed by atoms with Gasteiger partial charge in [-0.25, -0.2) is 0 Å². The molecule has 1 atom stereocenters. The van der Waals surface area contributed by atoms with Crippen LogP contribution in [0.3, 0.4) is 0 Å². The van der Waals surface area contributed by atoms with Gasteiger partial charge in [0.05, 0.1) is 6.04 Å². The summed E-state index contributed by atoms with van der Waals surface area (Å²) in [6, 6.07) is 7.89. The molecule has 7 heteroatoms. The second-order valence-electron chi connectivity index (χ2n) is 6.13. The first-order valence-corrected chi connectivity index (χ1v) is 8.55. The minimum Gasteiger partial charge on any atom is -0.381 e. The minimum atomic E-state index is -0.424. The predicted molar refractivity (Wildman–Crippen MR) is 108 cm³/mol. The summed E-state index contributed by atoms with van der Waals surface area (Å²) in [7, 11) is 0. The molecule has 1 unspecified atom stereocenters. The van der Waals surface area contributed by atoms with Crippen LogP contribution in [-0.2, 0) is 9.53 Å². The van der Waals surface area contributed by atoms with Crippen LogP contribution in [0.4, 0.5) is 5.69 Å². The van der Waals surface area contributed by atoms with Crippen LogP contribution in [0.5, 0.6) is 0 Å². The van der Waals surface area contributed by atoms with Gasteiger partial charge in [0.1, 0.15) is 0 Å². The third-order valence-electron chi connectivity index (χ3n) is 4.60. The van der Waals surface area contributed by atoms with E-state index in [2.05, 4.69) is 36.2 Å². The van der Waals surface area contributed by atoms with E-state index in [4.69, 9.17) is 10.5 Å². The van der Waals surface area contributed by atoms with Crippen LogP contribution in [0.2, 0.25) is 0 Å². The number of anilines is 1. The molecular formula is C18H31Cl2N3O2. The molecule has 25 heavy (non-hydrogen) atoms. The maximum atomic E-state index is 12.2. The Labute approximate surface area is 163 Å². The Morgan fingerprint density at radius 1 is 1.32 bits per heavy atom. The van der Waals surface area contributed by atoms with Crippen LogP contribution in [0, 0.1) is 12.8 Å². The normalized spacial score (nSPS) is 15.5. The monoisotopic (exact) mass is 391 g/mol. The molecule has 1 heterocycles. The maximum Gasteiger partial charge on any atom is 0.237 e. The maximum absolute atomic E-state index is 12.2. The van der Waals surface area contributed by atoms with Crippen molar-refractivity contribution in [1.82, 2.24) is 5.32 Å². The summed E-state index contributed by atoms with van der Waals surface area (Å²) in [6.45, 7) is 7.96. The third kappa shape index (κ3) is 7.02. The zero-order valence-corrected chi connectivity index (χ0v) is 16.7. The molecule has 1 aromatic carbocycles. The largest absolute Gasteiger partial charge is 0.381 e. The number of hydrogen-bond acceptors (Lipinski definition) is 4. The zero-order chi connectivity index (χ0) is 16.7. The summed E-state index contributed by atoms with van der Waals surface area (Å²) in [6.07, 6.45) is 1.75.